The van der Waals surface area contributed by atoms with Gasteiger partial charge in [0.05, 0.1) is 12.6 Å². The van der Waals surface area contributed by atoms with Crippen LogP contribution in [0, 0.1) is 0 Å². The average Bonchev–Trinajstić information content (AvgIpc) is 3.16. The van der Waals surface area contributed by atoms with Crippen LogP contribution in [0.15, 0.2) is 30.5 Å². The Labute approximate surface area is 197 Å². The quantitative estimate of drug-likeness (QED) is 0.698. The van der Waals surface area contributed by atoms with Gasteiger partial charge in [-0.2, -0.15) is 0 Å². The molecule has 0 saturated carbocycles. The number of rotatable bonds is 3. The molecule has 3 heterocycles. The molecule has 2 aromatic rings. The maximum Gasteiger partial charge on any atom is 0.253 e. The van der Waals surface area contributed by atoms with Crippen LogP contribution in [0.2, 0.25) is 0 Å². The van der Waals surface area contributed by atoms with Crippen LogP contribution in [-0.4, -0.2) is 46.9 Å². The molecule has 0 radical (unpaired) electrons. The highest BCUT2D eigenvalue weighted by Gasteiger charge is 2.46. The molecule has 33 heavy (non-hydrogen) atoms. The summed E-state index contributed by atoms with van der Waals surface area (Å²) in [6.07, 6.45) is 3.60. The molecule has 1 fully saturated rings. The summed E-state index contributed by atoms with van der Waals surface area (Å²) in [5.41, 5.74) is 3.29. The molecular formula is C27H37N3O3. The van der Waals surface area contributed by atoms with E-state index in [1.54, 1.807) is 14.0 Å². The number of fused-ring (bicyclic) bond motifs is 2. The van der Waals surface area contributed by atoms with Gasteiger partial charge in [0, 0.05) is 48.2 Å². The lowest BCUT2D eigenvalue weighted by atomic mass is 9.79. The molecule has 6 nitrogen and oxygen atoms in total. The van der Waals surface area contributed by atoms with Crippen LogP contribution in [0.5, 0.6) is 5.75 Å². The fourth-order valence-electron chi connectivity index (χ4n) is 5.52. The Hall–Kier alpha value is -2.60. The minimum absolute atomic E-state index is 0.0403. The van der Waals surface area contributed by atoms with Gasteiger partial charge in [-0.05, 0) is 62.8 Å². The Bertz CT molecular complexity index is 1080. The van der Waals surface area contributed by atoms with E-state index >= 15 is 0 Å². The predicted molar refractivity (Wildman–Crippen MR) is 130 cm³/mol. The lowest BCUT2D eigenvalue weighted by Crippen LogP contribution is -2.63. The van der Waals surface area contributed by atoms with E-state index in [-0.39, 0.29) is 28.2 Å². The van der Waals surface area contributed by atoms with Crippen LogP contribution in [0.25, 0.3) is 0 Å². The third kappa shape index (κ3) is 4.33. The normalized spacial score (nSPS) is 19.3. The highest BCUT2D eigenvalue weighted by Crippen LogP contribution is 2.40. The number of benzene rings is 1. The second-order valence-corrected chi connectivity index (χ2v) is 11.3. The van der Waals surface area contributed by atoms with E-state index in [1.807, 2.05) is 35.4 Å². The average molecular weight is 452 g/mol. The maximum atomic E-state index is 13.4. The fraction of sp³-hybridized carbons (Fsp3) is 0.556. The number of ketones is 1. The number of hydrogen-bond acceptors (Lipinski definition) is 4. The minimum atomic E-state index is -0.236. The predicted octanol–water partition coefficient (Wildman–Crippen LogP) is 4.51. The van der Waals surface area contributed by atoms with Gasteiger partial charge in [-0.25, -0.2) is 0 Å². The van der Waals surface area contributed by atoms with E-state index in [0.717, 1.165) is 42.0 Å². The first-order chi connectivity index (χ1) is 15.3. The van der Waals surface area contributed by atoms with Crippen LogP contribution < -0.4 is 10.1 Å². The zero-order valence-corrected chi connectivity index (χ0v) is 21.0. The van der Waals surface area contributed by atoms with Crippen molar-refractivity contribution in [3.05, 3.63) is 52.8 Å². The van der Waals surface area contributed by atoms with E-state index in [9.17, 15) is 9.59 Å². The molecule has 1 aromatic carbocycles. The van der Waals surface area contributed by atoms with Gasteiger partial charge in [0.2, 0.25) is 0 Å². The van der Waals surface area contributed by atoms with E-state index in [1.165, 1.54) is 0 Å². The molecule has 0 bridgehead atoms. The van der Waals surface area contributed by atoms with Crippen molar-refractivity contribution >= 4 is 11.7 Å². The van der Waals surface area contributed by atoms with Gasteiger partial charge in [0.15, 0.2) is 5.78 Å². The Morgan fingerprint density at radius 1 is 1.06 bits per heavy atom. The molecular weight excluding hydrogens is 414 g/mol. The molecule has 4 rings (SSSR count). The van der Waals surface area contributed by atoms with Crippen molar-refractivity contribution in [1.29, 1.82) is 0 Å². The van der Waals surface area contributed by atoms with Gasteiger partial charge in [-0.1, -0.05) is 26.8 Å². The number of ether oxygens (including phenoxy) is 1. The van der Waals surface area contributed by atoms with Crippen LogP contribution in [-0.2, 0) is 17.5 Å². The minimum Gasteiger partial charge on any atom is -0.496 e. The molecule has 0 aliphatic carbocycles. The van der Waals surface area contributed by atoms with Crippen LogP contribution in [0.4, 0.5) is 0 Å². The summed E-state index contributed by atoms with van der Waals surface area (Å²) in [7, 11) is 1.66. The van der Waals surface area contributed by atoms with Crippen LogP contribution in [0.3, 0.4) is 0 Å². The number of Topliss-reactive ketones (excluding diaryl/α,β-unsaturated/α-hetero) is 1. The largest absolute Gasteiger partial charge is 0.496 e. The van der Waals surface area contributed by atoms with E-state index in [2.05, 4.69) is 44.5 Å². The van der Waals surface area contributed by atoms with Crippen molar-refractivity contribution in [2.45, 2.75) is 77.4 Å². The molecule has 0 unspecified atom stereocenters. The van der Waals surface area contributed by atoms with Crippen molar-refractivity contribution in [2.75, 3.05) is 20.2 Å². The lowest BCUT2D eigenvalue weighted by molar-refractivity contribution is 0.0521. The van der Waals surface area contributed by atoms with Crippen molar-refractivity contribution in [1.82, 2.24) is 14.8 Å². The number of hydrogen-bond donors (Lipinski definition) is 1. The maximum absolute atomic E-state index is 13.4. The topological polar surface area (TPSA) is 63.6 Å². The number of carbonyl (C=O) groups is 2. The van der Waals surface area contributed by atoms with Gasteiger partial charge in [0.1, 0.15) is 5.75 Å². The second-order valence-electron chi connectivity index (χ2n) is 11.3. The Morgan fingerprint density at radius 3 is 2.30 bits per heavy atom. The van der Waals surface area contributed by atoms with Gasteiger partial charge < -0.3 is 14.2 Å². The molecule has 2 aliphatic rings. The van der Waals surface area contributed by atoms with E-state index < -0.39 is 0 Å². The van der Waals surface area contributed by atoms with E-state index in [4.69, 9.17) is 4.74 Å². The standard InChI is InChI=1S/C27H37N3O3/c1-18(31)20-15-23-27(28-26(5,6)17-30(23)16-20)10-12-29(13-11-27)24(32)19-8-9-21(25(2,3)4)22(14-19)33-7/h8-9,14-16,28H,10-13,17H2,1-7H3. The van der Waals surface area contributed by atoms with Gasteiger partial charge in [0.25, 0.3) is 5.91 Å². The molecule has 1 aromatic heterocycles. The molecule has 6 heteroatoms. The van der Waals surface area contributed by atoms with Crippen LogP contribution >= 0.6 is 0 Å². The Kier molecular flexibility index (Phi) is 5.72. The lowest BCUT2D eigenvalue weighted by Gasteiger charge is -2.51. The number of methoxy groups -OCH3 is 1. The first-order valence-electron chi connectivity index (χ1n) is 11.8. The first-order valence-corrected chi connectivity index (χ1v) is 11.8. The summed E-state index contributed by atoms with van der Waals surface area (Å²) < 4.78 is 7.85. The third-order valence-corrected chi connectivity index (χ3v) is 7.10. The highest BCUT2D eigenvalue weighted by molar-refractivity contribution is 5.95. The SMILES string of the molecule is COc1cc(C(=O)N2CCC3(CC2)NC(C)(C)Cn2cc(C(C)=O)cc23)ccc1C(C)(C)C. The van der Waals surface area contributed by atoms with Crippen molar-refractivity contribution in [3.8, 4) is 5.75 Å². The summed E-state index contributed by atoms with van der Waals surface area (Å²) >= 11 is 0. The number of amides is 1. The van der Waals surface area contributed by atoms with Gasteiger partial charge in [-0.3, -0.25) is 14.9 Å². The van der Waals surface area contributed by atoms with E-state index in [0.29, 0.717) is 18.7 Å². The van der Waals surface area contributed by atoms with Crippen LogP contribution in [0.1, 0.15) is 86.4 Å². The number of likely N-dealkylation sites (tertiary alicyclic amines) is 1. The molecule has 2 aliphatic heterocycles. The zero-order chi connectivity index (χ0) is 24.2. The number of piperidine rings is 1. The molecule has 1 spiro atoms. The molecule has 1 amide bonds. The summed E-state index contributed by atoms with van der Waals surface area (Å²) in [6.45, 7) is 14.6. The number of carbonyl (C=O) groups excluding carboxylic acids is 2. The van der Waals surface area contributed by atoms with Gasteiger partial charge >= 0.3 is 0 Å². The molecule has 1 N–H and O–H groups in total. The van der Waals surface area contributed by atoms with Crippen molar-refractivity contribution < 1.29 is 14.3 Å². The number of nitrogens with zero attached hydrogens (tertiary/aromatic N) is 2. The molecule has 178 valence electrons. The smallest absolute Gasteiger partial charge is 0.253 e. The Balaban J connectivity index is 1.57. The third-order valence-electron chi connectivity index (χ3n) is 7.10. The van der Waals surface area contributed by atoms with Crippen molar-refractivity contribution in [3.63, 3.8) is 0 Å². The zero-order valence-electron chi connectivity index (χ0n) is 21.0. The summed E-state index contributed by atoms with van der Waals surface area (Å²) in [4.78, 5) is 27.3. The highest BCUT2D eigenvalue weighted by atomic mass is 16.5. The summed E-state index contributed by atoms with van der Waals surface area (Å²) in [5, 5.41) is 3.87. The number of aromatic nitrogens is 1. The Morgan fingerprint density at radius 2 is 1.73 bits per heavy atom. The summed E-state index contributed by atoms with van der Waals surface area (Å²) in [5.74, 6) is 0.885. The molecule has 0 atom stereocenters. The monoisotopic (exact) mass is 451 g/mol. The number of nitrogens with one attached hydrogen (secondary N) is 1. The summed E-state index contributed by atoms with van der Waals surface area (Å²) in [6, 6.07) is 7.85. The first kappa shape index (κ1) is 23.6. The fourth-order valence-corrected chi connectivity index (χ4v) is 5.52. The second kappa shape index (κ2) is 8.01. The van der Waals surface area contributed by atoms with Gasteiger partial charge in [-0.15, -0.1) is 0 Å². The van der Waals surface area contributed by atoms with Crippen molar-refractivity contribution in [2.24, 2.45) is 0 Å². The molecule has 1 saturated heterocycles.